The van der Waals surface area contributed by atoms with E-state index in [2.05, 4.69) is 11.3 Å². The molecule has 2 N–H and O–H groups in total. The van der Waals surface area contributed by atoms with Gasteiger partial charge in [0.25, 0.3) is 0 Å². The van der Waals surface area contributed by atoms with Crippen LogP contribution >= 0.6 is 0 Å². The van der Waals surface area contributed by atoms with Crippen LogP contribution in [0.15, 0.2) is 49.2 Å². The van der Waals surface area contributed by atoms with Crippen LogP contribution in [0.2, 0.25) is 0 Å². The molecule has 0 aliphatic heterocycles. The molecule has 0 amide bonds. The Labute approximate surface area is 100 Å². The van der Waals surface area contributed by atoms with Crippen LogP contribution < -0.4 is 0 Å². The third kappa shape index (κ3) is 8.89. The highest BCUT2D eigenvalue weighted by atomic mass is 16.5. The highest BCUT2D eigenvalue weighted by molar-refractivity contribution is 5.81. The molecule has 0 aliphatic carbocycles. The van der Waals surface area contributed by atoms with Crippen molar-refractivity contribution < 1.29 is 19.7 Å². The van der Waals surface area contributed by atoms with Gasteiger partial charge in [0, 0.05) is 6.08 Å². The molecule has 92 valence electrons. The third-order valence-electron chi connectivity index (χ3n) is 1.57. The van der Waals surface area contributed by atoms with Gasteiger partial charge in [0.2, 0.25) is 0 Å². The minimum atomic E-state index is -0.501. The van der Waals surface area contributed by atoms with Crippen molar-refractivity contribution in [1.82, 2.24) is 0 Å². The quantitative estimate of drug-likeness (QED) is 0.476. The molecule has 0 aliphatic rings. The zero-order chi connectivity index (χ0) is 12.9. The van der Waals surface area contributed by atoms with Gasteiger partial charge in [0.1, 0.15) is 6.61 Å². The van der Waals surface area contributed by atoms with E-state index in [1.807, 2.05) is 30.3 Å². The maximum Gasteiger partial charge on any atom is 0.330 e. The van der Waals surface area contributed by atoms with E-state index in [9.17, 15) is 4.79 Å². The van der Waals surface area contributed by atoms with Gasteiger partial charge >= 0.3 is 5.97 Å². The molecule has 4 nitrogen and oxygen atoms in total. The van der Waals surface area contributed by atoms with Crippen molar-refractivity contribution in [3.8, 4) is 0 Å². The summed E-state index contributed by atoms with van der Waals surface area (Å²) in [7, 11) is 0. The number of aliphatic hydroxyl groups is 2. The lowest BCUT2D eigenvalue weighted by Gasteiger charge is -1.94. The molecule has 0 spiro atoms. The van der Waals surface area contributed by atoms with Crippen LogP contribution in [-0.4, -0.2) is 29.4 Å². The van der Waals surface area contributed by atoms with E-state index in [4.69, 9.17) is 10.2 Å². The monoisotopic (exact) mass is 236 g/mol. The Morgan fingerprint density at radius 3 is 2.47 bits per heavy atom. The number of esters is 1. The fourth-order valence-electron chi connectivity index (χ4n) is 0.855. The maximum absolute atomic E-state index is 10.1. The van der Waals surface area contributed by atoms with E-state index >= 15 is 0 Å². The summed E-state index contributed by atoms with van der Waals surface area (Å²) in [5, 5.41) is 16.4. The smallest absolute Gasteiger partial charge is 0.330 e. The first-order valence-corrected chi connectivity index (χ1v) is 5.00. The minimum Gasteiger partial charge on any atom is -0.516 e. The van der Waals surface area contributed by atoms with Crippen molar-refractivity contribution >= 4 is 12.0 Å². The molecule has 0 atom stereocenters. The summed E-state index contributed by atoms with van der Waals surface area (Å²) in [5.41, 5.74) is 1.01. The number of aliphatic hydroxyl groups excluding tert-OH is 2. The predicted octanol–water partition coefficient (Wildman–Crippen LogP) is 1.92. The summed E-state index contributed by atoms with van der Waals surface area (Å²) < 4.78 is 4.33. The van der Waals surface area contributed by atoms with E-state index in [1.54, 1.807) is 6.08 Å². The Hall–Kier alpha value is -2.07. The van der Waals surface area contributed by atoms with Crippen molar-refractivity contribution in [3.63, 3.8) is 0 Å². The lowest BCUT2D eigenvalue weighted by Crippen LogP contribution is -2.04. The number of carbonyl (C=O) groups excluding carboxylic acids is 1. The average Bonchev–Trinajstić information content (AvgIpc) is 2.38. The molecule has 0 heterocycles. The second-order valence-corrected chi connectivity index (χ2v) is 2.82. The molecule has 0 aromatic heterocycles. The molecule has 0 bridgehead atoms. The first-order chi connectivity index (χ1) is 8.24. The van der Waals surface area contributed by atoms with Crippen LogP contribution in [-0.2, 0) is 9.53 Å². The lowest BCUT2D eigenvalue weighted by molar-refractivity contribution is -0.138. The van der Waals surface area contributed by atoms with Gasteiger partial charge in [0.15, 0.2) is 0 Å². The van der Waals surface area contributed by atoms with Gasteiger partial charge in [-0.15, -0.1) is 0 Å². The number of ether oxygens (including phenoxy) is 1. The lowest BCUT2D eigenvalue weighted by atomic mass is 10.2. The topological polar surface area (TPSA) is 66.8 Å². The Kier molecular flexibility index (Phi) is 9.18. The van der Waals surface area contributed by atoms with Crippen LogP contribution in [0, 0.1) is 0 Å². The van der Waals surface area contributed by atoms with Gasteiger partial charge in [-0.2, -0.15) is 0 Å². The number of benzene rings is 1. The van der Waals surface area contributed by atoms with Gasteiger partial charge < -0.3 is 14.9 Å². The second kappa shape index (κ2) is 10.4. The average molecular weight is 236 g/mol. The summed E-state index contributed by atoms with van der Waals surface area (Å²) in [6.07, 6.45) is 3.73. The molecule has 0 radical (unpaired) electrons. The maximum atomic E-state index is 10.1. The van der Waals surface area contributed by atoms with Crippen molar-refractivity contribution in [2.75, 3.05) is 13.2 Å². The summed E-state index contributed by atoms with van der Waals surface area (Å²) >= 11 is 0. The molecule has 0 fully saturated rings. The first kappa shape index (κ1) is 14.9. The molecule has 0 saturated heterocycles. The van der Waals surface area contributed by atoms with Crippen molar-refractivity contribution in [1.29, 1.82) is 0 Å². The van der Waals surface area contributed by atoms with Gasteiger partial charge in [-0.1, -0.05) is 36.9 Å². The van der Waals surface area contributed by atoms with Gasteiger partial charge in [-0.05, 0) is 11.6 Å². The summed E-state index contributed by atoms with van der Waals surface area (Å²) in [5.74, 6) is -0.501. The van der Waals surface area contributed by atoms with E-state index in [-0.39, 0.29) is 13.2 Å². The summed E-state index contributed by atoms with van der Waals surface area (Å²) in [4.78, 5) is 10.1. The van der Waals surface area contributed by atoms with E-state index < -0.39 is 5.97 Å². The summed E-state index contributed by atoms with van der Waals surface area (Å²) in [6.45, 7) is 3.06. The van der Waals surface area contributed by atoms with Crippen molar-refractivity contribution in [2.24, 2.45) is 0 Å². The van der Waals surface area contributed by atoms with Crippen LogP contribution in [0.25, 0.3) is 6.08 Å². The molecule has 0 saturated carbocycles. The third-order valence-corrected chi connectivity index (χ3v) is 1.57. The number of hydrogen-bond donors (Lipinski definition) is 2. The van der Waals surface area contributed by atoms with Crippen LogP contribution in [0.5, 0.6) is 0 Å². The van der Waals surface area contributed by atoms with E-state index in [0.29, 0.717) is 0 Å². The molecule has 1 rings (SSSR count). The molecule has 0 unspecified atom stereocenters. The molecular formula is C13H16O4. The molecule has 17 heavy (non-hydrogen) atoms. The fourth-order valence-corrected chi connectivity index (χ4v) is 0.855. The van der Waals surface area contributed by atoms with E-state index in [1.165, 1.54) is 0 Å². The predicted molar refractivity (Wildman–Crippen MR) is 66.3 cm³/mol. The highest BCUT2D eigenvalue weighted by Gasteiger charge is 1.90. The van der Waals surface area contributed by atoms with E-state index in [0.717, 1.165) is 17.9 Å². The second-order valence-electron chi connectivity index (χ2n) is 2.82. The number of carbonyl (C=O) groups is 1. The fraction of sp³-hybridized carbons (Fsp3) is 0.154. The zero-order valence-corrected chi connectivity index (χ0v) is 9.45. The number of rotatable bonds is 4. The Morgan fingerprint density at radius 2 is 2.00 bits per heavy atom. The Bertz CT molecular complexity index is 344. The van der Waals surface area contributed by atoms with Crippen molar-refractivity contribution in [3.05, 3.63) is 54.8 Å². The molecule has 4 heteroatoms. The molecular weight excluding hydrogens is 220 g/mol. The van der Waals surface area contributed by atoms with Crippen LogP contribution in [0.4, 0.5) is 0 Å². The normalized spacial score (nSPS) is 9.24. The number of hydrogen-bond acceptors (Lipinski definition) is 4. The highest BCUT2D eigenvalue weighted by Crippen LogP contribution is 1.98. The molecule has 1 aromatic carbocycles. The first-order valence-electron chi connectivity index (χ1n) is 5.00. The van der Waals surface area contributed by atoms with Crippen molar-refractivity contribution in [2.45, 2.75) is 0 Å². The Morgan fingerprint density at radius 1 is 1.35 bits per heavy atom. The molecule has 1 aromatic rings. The van der Waals surface area contributed by atoms with Gasteiger partial charge in [-0.25, -0.2) is 4.79 Å². The van der Waals surface area contributed by atoms with Gasteiger partial charge in [0.05, 0.1) is 12.9 Å². The van der Waals surface area contributed by atoms with Crippen LogP contribution in [0.3, 0.4) is 0 Å². The standard InChI is InChI=1S/C8H8O.C5H8O3/c9-7-6-8-4-2-1-3-5-8;1-2-5(7)8-4-3-6/h1-7,9H;2,6H,1,3-4H2. The zero-order valence-electron chi connectivity index (χ0n) is 9.45. The largest absolute Gasteiger partial charge is 0.516 e. The summed E-state index contributed by atoms with van der Waals surface area (Å²) in [6, 6.07) is 9.64. The van der Waals surface area contributed by atoms with Crippen LogP contribution in [0.1, 0.15) is 5.56 Å². The minimum absolute atomic E-state index is 0.0465. The van der Waals surface area contributed by atoms with Gasteiger partial charge in [-0.3, -0.25) is 0 Å². The Balaban J connectivity index is 0.000000304. The SMILES string of the molecule is C=CC(=O)OCCO.OC=Cc1ccccc1.